The Hall–Kier alpha value is -1.29. The molecule has 18 heavy (non-hydrogen) atoms. The summed E-state index contributed by atoms with van der Waals surface area (Å²) in [6.45, 7) is 5.04. The number of ether oxygens (including phenoxy) is 2. The van der Waals surface area contributed by atoms with Gasteiger partial charge in [-0.25, -0.2) is 0 Å². The van der Waals surface area contributed by atoms with Crippen LogP contribution in [0.3, 0.4) is 0 Å². The fourth-order valence-electron chi connectivity index (χ4n) is 1.73. The van der Waals surface area contributed by atoms with Gasteiger partial charge in [0.2, 0.25) is 0 Å². The first kappa shape index (κ1) is 14.8. The van der Waals surface area contributed by atoms with Crippen molar-refractivity contribution in [2.24, 2.45) is 11.7 Å². The zero-order valence-electron chi connectivity index (χ0n) is 11.2. The first-order valence-corrected chi connectivity index (χ1v) is 6.59. The Morgan fingerprint density at radius 3 is 2.56 bits per heavy atom. The molecular weight excluding hydrogens is 246 g/mol. The lowest BCUT2D eigenvalue weighted by Gasteiger charge is -2.14. The van der Waals surface area contributed by atoms with Gasteiger partial charge in [0, 0.05) is 11.6 Å². The van der Waals surface area contributed by atoms with Crippen LogP contribution in [0.2, 0.25) is 0 Å². The maximum Gasteiger partial charge on any atom is 0.123 e. The molecule has 0 heterocycles. The normalized spacial score (nSPS) is 11.9. The van der Waals surface area contributed by atoms with Crippen LogP contribution in [0, 0.1) is 5.92 Å². The molecule has 0 amide bonds. The number of benzene rings is 1. The Morgan fingerprint density at radius 1 is 1.33 bits per heavy atom. The van der Waals surface area contributed by atoms with E-state index in [0.29, 0.717) is 23.3 Å². The number of rotatable bonds is 7. The maximum absolute atomic E-state index is 5.76. The summed E-state index contributed by atoms with van der Waals surface area (Å²) in [7, 11) is 1.61. The SMILES string of the molecule is CCCC(C)COc1cc(OC)cc(C(N)=S)c1. The van der Waals surface area contributed by atoms with Gasteiger partial charge in [0.15, 0.2) is 0 Å². The average molecular weight is 267 g/mol. The van der Waals surface area contributed by atoms with Crippen molar-refractivity contribution in [1.29, 1.82) is 0 Å². The highest BCUT2D eigenvalue weighted by molar-refractivity contribution is 7.80. The number of nitrogens with two attached hydrogens (primary N) is 1. The van der Waals surface area contributed by atoms with Crippen LogP contribution in [0.25, 0.3) is 0 Å². The van der Waals surface area contributed by atoms with Crippen molar-refractivity contribution >= 4 is 17.2 Å². The van der Waals surface area contributed by atoms with Gasteiger partial charge in [-0.2, -0.15) is 0 Å². The molecule has 0 bridgehead atoms. The first-order chi connectivity index (χ1) is 8.56. The molecule has 0 aliphatic carbocycles. The Bertz CT molecular complexity index is 407. The van der Waals surface area contributed by atoms with Gasteiger partial charge in [-0.15, -0.1) is 0 Å². The van der Waals surface area contributed by atoms with Gasteiger partial charge in [-0.1, -0.05) is 32.5 Å². The van der Waals surface area contributed by atoms with Crippen molar-refractivity contribution in [2.45, 2.75) is 26.7 Å². The summed E-state index contributed by atoms with van der Waals surface area (Å²) in [4.78, 5) is 0.348. The summed E-state index contributed by atoms with van der Waals surface area (Å²) in [5, 5.41) is 0. The van der Waals surface area contributed by atoms with Crippen molar-refractivity contribution in [3.05, 3.63) is 23.8 Å². The molecule has 0 radical (unpaired) electrons. The van der Waals surface area contributed by atoms with E-state index in [1.807, 2.05) is 18.2 Å². The average Bonchev–Trinajstić information content (AvgIpc) is 2.36. The fourth-order valence-corrected chi connectivity index (χ4v) is 1.85. The molecule has 100 valence electrons. The maximum atomic E-state index is 5.76. The van der Waals surface area contributed by atoms with Gasteiger partial charge in [-0.3, -0.25) is 0 Å². The molecule has 1 atom stereocenters. The molecule has 1 aromatic carbocycles. The van der Waals surface area contributed by atoms with Crippen LogP contribution >= 0.6 is 12.2 Å². The summed E-state index contributed by atoms with van der Waals surface area (Å²) in [6.07, 6.45) is 2.33. The van der Waals surface area contributed by atoms with Gasteiger partial charge in [-0.05, 0) is 24.5 Å². The van der Waals surface area contributed by atoms with Gasteiger partial charge >= 0.3 is 0 Å². The van der Waals surface area contributed by atoms with Crippen molar-refractivity contribution in [2.75, 3.05) is 13.7 Å². The highest BCUT2D eigenvalue weighted by atomic mass is 32.1. The van der Waals surface area contributed by atoms with Crippen LogP contribution in [-0.2, 0) is 0 Å². The van der Waals surface area contributed by atoms with Gasteiger partial charge in [0.1, 0.15) is 16.5 Å². The smallest absolute Gasteiger partial charge is 0.123 e. The highest BCUT2D eigenvalue weighted by Crippen LogP contribution is 2.23. The third-order valence-electron chi connectivity index (χ3n) is 2.72. The standard InChI is InChI=1S/C14H21NO2S/c1-4-5-10(2)9-17-13-7-11(14(15)18)6-12(8-13)16-3/h6-8,10H,4-5,9H2,1-3H3,(H2,15,18). The minimum absolute atomic E-state index is 0.348. The fraction of sp³-hybridized carbons (Fsp3) is 0.500. The monoisotopic (exact) mass is 267 g/mol. The lowest BCUT2D eigenvalue weighted by Crippen LogP contribution is -2.11. The Labute approximate surface area is 114 Å². The van der Waals surface area contributed by atoms with Crippen LogP contribution in [0.15, 0.2) is 18.2 Å². The van der Waals surface area contributed by atoms with E-state index in [1.54, 1.807) is 7.11 Å². The topological polar surface area (TPSA) is 44.5 Å². The number of methoxy groups -OCH3 is 1. The molecule has 0 aliphatic rings. The van der Waals surface area contributed by atoms with E-state index in [-0.39, 0.29) is 0 Å². The zero-order valence-corrected chi connectivity index (χ0v) is 12.0. The Balaban J connectivity index is 2.75. The third kappa shape index (κ3) is 4.53. The predicted octanol–water partition coefficient (Wildman–Crippen LogP) is 3.14. The number of thiocarbonyl (C=S) groups is 1. The highest BCUT2D eigenvalue weighted by Gasteiger charge is 2.06. The van der Waals surface area contributed by atoms with Crippen molar-refractivity contribution in [1.82, 2.24) is 0 Å². The summed E-state index contributed by atoms with van der Waals surface area (Å²) >= 11 is 4.97. The first-order valence-electron chi connectivity index (χ1n) is 6.18. The second-order valence-electron chi connectivity index (χ2n) is 4.47. The molecule has 0 saturated heterocycles. The van der Waals surface area contributed by atoms with E-state index in [4.69, 9.17) is 27.4 Å². The van der Waals surface area contributed by atoms with Gasteiger partial charge in [0.25, 0.3) is 0 Å². The number of hydrogen-bond donors (Lipinski definition) is 1. The van der Waals surface area contributed by atoms with E-state index in [2.05, 4.69) is 13.8 Å². The van der Waals surface area contributed by atoms with Crippen molar-refractivity contribution < 1.29 is 9.47 Å². The van der Waals surface area contributed by atoms with E-state index in [9.17, 15) is 0 Å². The lowest BCUT2D eigenvalue weighted by molar-refractivity contribution is 0.250. The molecule has 0 fully saturated rings. The molecule has 4 heteroatoms. The largest absolute Gasteiger partial charge is 0.497 e. The molecule has 0 aromatic heterocycles. The van der Waals surface area contributed by atoms with Crippen LogP contribution in [0.4, 0.5) is 0 Å². The lowest BCUT2D eigenvalue weighted by atomic mass is 10.1. The van der Waals surface area contributed by atoms with Crippen molar-refractivity contribution in [3.63, 3.8) is 0 Å². The molecule has 0 saturated carbocycles. The summed E-state index contributed by atoms with van der Waals surface area (Å²) in [6, 6.07) is 5.51. The quantitative estimate of drug-likeness (QED) is 0.771. The second kappa shape index (κ2) is 7.21. The predicted molar refractivity (Wildman–Crippen MR) is 78.4 cm³/mol. The van der Waals surface area contributed by atoms with E-state index >= 15 is 0 Å². The van der Waals surface area contributed by atoms with Crippen LogP contribution < -0.4 is 15.2 Å². The van der Waals surface area contributed by atoms with E-state index < -0.39 is 0 Å². The van der Waals surface area contributed by atoms with Crippen LogP contribution in [0.1, 0.15) is 32.3 Å². The molecule has 3 nitrogen and oxygen atoms in total. The van der Waals surface area contributed by atoms with Gasteiger partial charge < -0.3 is 15.2 Å². The summed E-state index contributed by atoms with van der Waals surface area (Å²) in [5.41, 5.74) is 6.40. The Morgan fingerprint density at radius 2 is 2.00 bits per heavy atom. The summed E-state index contributed by atoms with van der Waals surface area (Å²) in [5.74, 6) is 1.99. The molecule has 0 aliphatic heterocycles. The molecule has 1 aromatic rings. The van der Waals surface area contributed by atoms with Crippen LogP contribution in [-0.4, -0.2) is 18.7 Å². The van der Waals surface area contributed by atoms with Crippen LogP contribution in [0.5, 0.6) is 11.5 Å². The summed E-state index contributed by atoms with van der Waals surface area (Å²) < 4.78 is 11.0. The Kier molecular flexibility index (Phi) is 5.92. The second-order valence-corrected chi connectivity index (χ2v) is 4.91. The number of hydrogen-bond acceptors (Lipinski definition) is 3. The molecule has 2 N–H and O–H groups in total. The zero-order chi connectivity index (χ0) is 13.5. The molecule has 1 unspecified atom stereocenters. The molecule has 1 rings (SSSR count). The molecule has 0 spiro atoms. The van der Waals surface area contributed by atoms with Gasteiger partial charge in [0.05, 0.1) is 13.7 Å². The van der Waals surface area contributed by atoms with E-state index in [0.717, 1.165) is 17.7 Å². The van der Waals surface area contributed by atoms with E-state index in [1.165, 1.54) is 6.42 Å². The minimum atomic E-state index is 0.348. The third-order valence-corrected chi connectivity index (χ3v) is 2.95. The minimum Gasteiger partial charge on any atom is -0.497 e. The van der Waals surface area contributed by atoms with Crippen molar-refractivity contribution in [3.8, 4) is 11.5 Å². The molecular formula is C14H21NO2S.